The first-order valence-electron chi connectivity index (χ1n) is 11.9. The van der Waals surface area contributed by atoms with E-state index in [0.717, 1.165) is 41.9 Å². The number of piperidine rings is 1. The quantitative estimate of drug-likeness (QED) is 0.190. The van der Waals surface area contributed by atoms with E-state index in [1.807, 2.05) is 47.8 Å². The number of aliphatic imine (C=N–C) groups is 2. The molecule has 4 rings (SSSR count). The molecule has 0 aliphatic carbocycles. The standard InChI is InChI=1S/C28H32N6OS/c1-20(26(35)32-24-18-21(11-12-23(24)29)25-10-7-17-36-25)19-31-27(30-2)33-28(13-15-34(3)16-14-28)22-8-5-4-6-9-22/h4-12,17-19H,2,13-16,29H2,1,3H3,(H,31,33)(H,32,35)/b20-19+. The molecule has 0 bridgehead atoms. The number of nitrogens with two attached hydrogens (primary N) is 1. The lowest BCUT2D eigenvalue weighted by Gasteiger charge is -2.38. The zero-order valence-electron chi connectivity index (χ0n) is 20.7. The molecule has 1 amide bonds. The molecule has 1 aliphatic heterocycles. The molecule has 1 aromatic heterocycles. The van der Waals surface area contributed by atoms with Gasteiger partial charge in [0.1, 0.15) is 0 Å². The van der Waals surface area contributed by atoms with E-state index in [0.29, 0.717) is 22.9 Å². The van der Waals surface area contributed by atoms with Crippen LogP contribution in [0.3, 0.4) is 0 Å². The van der Waals surface area contributed by atoms with Crippen molar-refractivity contribution in [3.05, 3.63) is 83.4 Å². The number of hydrogen-bond donors (Lipinski definition) is 3. The van der Waals surface area contributed by atoms with Gasteiger partial charge in [-0.05, 0) is 68.2 Å². The summed E-state index contributed by atoms with van der Waals surface area (Å²) in [5.41, 5.74) is 9.43. The molecule has 36 heavy (non-hydrogen) atoms. The number of carbonyl (C=O) groups is 1. The number of thiophene rings is 1. The second-order valence-corrected chi connectivity index (χ2v) is 9.95. The average Bonchev–Trinajstić information content (AvgIpc) is 3.44. The Labute approximate surface area is 216 Å². The summed E-state index contributed by atoms with van der Waals surface area (Å²) in [6, 6.07) is 20.0. The van der Waals surface area contributed by atoms with Crippen molar-refractivity contribution in [2.75, 3.05) is 31.2 Å². The predicted octanol–water partition coefficient (Wildman–Crippen LogP) is 5.11. The number of nitrogen functional groups attached to an aromatic ring is 1. The van der Waals surface area contributed by atoms with Crippen molar-refractivity contribution >= 4 is 41.3 Å². The van der Waals surface area contributed by atoms with Gasteiger partial charge in [-0.25, -0.2) is 9.98 Å². The van der Waals surface area contributed by atoms with Gasteiger partial charge in [0.2, 0.25) is 5.96 Å². The zero-order chi connectivity index (χ0) is 25.5. The summed E-state index contributed by atoms with van der Waals surface area (Å²) in [6.45, 7) is 7.30. The Morgan fingerprint density at radius 1 is 1.14 bits per heavy atom. The Balaban J connectivity index is 1.51. The van der Waals surface area contributed by atoms with Gasteiger partial charge in [-0.15, -0.1) is 11.3 Å². The molecule has 1 saturated heterocycles. The van der Waals surface area contributed by atoms with E-state index < -0.39 is 5.54 Å². The van der Waals surface area contributed by atoms with Crippen molar-refractivity contribution in [1.82, 2.24) is 10.2 Å². The molecule has 0 saturated carbocycles. The minimum atomic E-state index is -0.391. The molecule has 0 spiro atoms. The lowest BCUT2D eigenvalue weighted by Crippen LogP contribution is -2.41. The van der Waals surface area contributed by atoms with Crippen LogP contribution >= 0.6 is 11.3 Å². The smallest absolute Gasteiger partial charge is 0.252 e. The average molecular weight is 501 g/mol. The lowest BCUT2D eigenvalue weighted by atomic mass is 9.81. The van der Waals surface area contributed by atoms with Gasteiger partial charge in [-0.3, -0.25) is 4.79 Å². The topological polar surface area (TPSA) is 95.1 Å². The van der Waals surface area contributed by atoms with E-state index in [-0.39, 0.29) is 5.91 Å². The molecule has 1 aliphatic rings. The van der Waals surface area contributed by atoms with Crippen molar-refractivity contribution in [3.8, 4) is 10.4 Å². The highest BCUT2D eigenvalue weighted by Gasteiger charge is 2.35. The van der Waals surface area contributed by atoms with Crippen LogP contribution in [0.5, 0.6) is 0 Å². The van der Waals surface area contributed by atoms with Crippen LogP contribution in [0.2, 0.25) is 0 Å². The second-order valence-electron chi connectivity index (χ2n) is 9.00. The summed E-state index contributed by atoms with van der Waals surface area (Å²) >= 11 is 1.63. The number of carbonyl (C=O) groups excluding carboxylic acids is 1. The van der Waals surface area contributed by atoms with Crippen molar-refractivity contribution in [2.45, 2.75) is 25.3 Å². The Morgan fingerprint density at radius 3 is 2.56 bits per heavy atom. The summed E-state index contributed by atoms with van der Waals surface area (Å²) < 4.78 is 0. The van der Waals surface area contributed by atoms with Crippen LogP contribution in [0.1, 0.15) is 25.3 Å². The van der Waals surface area contributed by atoms with E-state index in [9.17, 15) is 4.79 Å². The highest BCUT2D eigenvalue weighted by molar-refractivity contribution is 7.13. The third-order valence-electron chi connectivity index (χ3n) is 6.48. The summed E-state index contributed by atoms with van der Waals surface area (Å²) in [7, 11) is 2.12. The number of rotatable bonds is 6. The molecule has 2 heterocycles. The van der Waals surface area contributed by atoms with Crippen LogP contribution in [0, 0.1) is 0 Å². The maximum absolute atomic E-state index is 12.9. The second kappa shape index (κ2) is 11.3. The number of amides is 1. The third-order valence-corrected chi connectivity index (χ3v) is 7.40. The van der Waals surface area contributed by atoms with Gasteiger partial charge in [0.15, 0.2) is 0 Å². The number of benzene rings is 2. The summed E-state index contributed by atoms with van der Waals surface area (Å²) in [4.78, 5) is 25.5. The number of nitrogens with zero attached hydrogens (tertiary/aromatic N) is 3. The summed E-state index contributed by atoms with van der Waals surface area (Å²) in [5.74, 6) is 0.118. The third kappa shape index (κ3) is 5.90. The SMILES string of the molecule is C=NC(=NC1(c2ccccc2)CCN(C)CC1)N/C=C(\C)C(=O)Nc1cc(-c2cccs2)ccc1N. The number of hydrogen-bond acceptors (Lipinski definition) is 5. The first-order valence-corrected chi connectivity index (χ1v) is 12.8. The van der Waals surface area contributed by atoms with Gasteiger partial charge >= 0.3 is 0 Å². The fourth-order valence-electron chi connectivity index (χ4n) is 4.24. The molecule has 1 fully saturated rings. The Hall–Kier alpha value is -3.75. The van der Waals surface area contributed by atoms with Crippen LogP contribution < -0.4 is 16.4 Å². The highest BCUT2D eigenvalue weighted by atomic mass is 32.1. The maximum Gasteiger partial charge on any atom is 0.252 e. The van der Waals surface area contributed by atoms with Crippen LogP contribution in [-0.2, 0) is 10.3 Å². The Morgan fingerprint density at radius 2 is 1.89 bits per heavy atom. The van der Waals surface area contributed by atoms with E-state index in [2.05, 4.69) is 46.4 Å². The fourth-order valence-corrected chi connectivity index (χ4v) is 4.96. The zero-order valence-corrected chi connectivity index (χ0v) is 21.5. The van der Waals surface area contributed by atoms with Gasteiger partial charge < -0.3 is 21.3 Å². The summed E-state index contributed by atoms with van der Waals surface area (Å²) in [6.07, 6.45) is 3.35. The van der Waals surface area contributed by atoms with Crippen molar-refractivity contribution in [3.63, 3.8) is 0 Å². The molecule has 0 atom stereocenters. The van der Waals surface area contributed by atoms with E-state index in [4.69, 9.17) is 10.7 Å². The molecule has 7 nitrogen and oxygen atoms in total. The molecule has 4 N–H and O–H groups in total. The Bertz CT molecular complexity index is 1260. The van der Waals surface area contributed by atoms with Gasteiger partial charge in [-0.1, -0.05) is 42.5 Å². The van der Waals surface area contributed by atoms with Crippen LogP contribution in [-0.4, -0.2) is 43.6 Å². The van der Waals surface area contributed by atoms with Crippen molar-refractivity contribution < 1.29 is 4.79 Å². The minimum Gasteiger partial charge on any atom is -0.397 e. The molecule has 0 unspecified atom stereocenters. The molecule has 8 heteroatoms. The lowest BCUT2D eigenvalue weighted by molar-refractivity contribution is -0.112. The van der Waals surface area contributed by atoms with Crippen molar-refractivity contribution in [2.24, 2.45) is 9.98 Å². The monoisotopic (exact) mass is 500 g/mol. The van der Waals surface area contributed by atoms with Gasteiger partial charge in [0.25, 0.3) is 5.91 Å². The molecule has 0 radical (unpaired) electrons. The molecule has 2 aromatic carbocycles. The first kappa shape index (κ1) is 25.3. The van der Waals surface area contributed by atoms with Crippen LogP contribution in [0.15, 0.2) is 87.8 Å². The van der Waals surface area contributed by atoms with Crippen LogP contribution in [0.25, 0.3) is 10.4 Å². The van der Waals surface area contributed by atoms with E-state index in [1.54, 1.807) is 30.5 Å². The van der Waals surface area contributed by atoms with Gasteiger partial charge in [0.05, 0.1) is 16.9 Å². The normalized spacial score (nSPS) is 16.4. The maximum atomic E-state index is 12.9. The number of likely N-dealkylation sites (tertiary alicyclic amines) is 1. The van der Waals surface area contributed by atoms with E-state index >= 15 is 0 Å². The first-order chi connectivity index (χ1) is 17.4. The molecule has 3 aromatic rings. The van der Waals surface area contributed by atoms with E-state index in [1.165, 1.54) is 0 Å². The van der Waals surface area contributed by atoms with Gasteiger partial charge in [0, 0.05) is 29.7 Å². The molecular formula is C28H32N6OS. The number of nitrogens with one attached hydrogen (secondary N) is 2. The largest absolute Gasteiger partial charge is 0.397 e. The number of guanidine groups is 1. The fraction of sp³-hybridized carbons (Fsp3) is 0.250. The molecule has 186 valence electrons. The van der Waals surface area contributed by atoms with Gasteiger partial charge in [-0.2, -0.15) is 0 Å². The minimum absolute atomic E-state index is 0.266. The highest BCUT2D eigenvalue weighted by Crippen LogP contribution is 2.37. The summed E-state index contributed by atoms with van der Waals surface area (Å²) in [5, 5.41) is 8.02. The predicted molar refractivity (Wildman–Crippen MR) is 152 cm³/mol. The van der Waals surface area contributed by atoms with Crippen molar-refractivity contribution in [1.29, 1.82) is 0 Å². The van der Waals surface area contributed by atoms with Crippen LogP contribution in [0.4, 0.5) is 11.4 Å². The number of anilines is 2. The Kier molecular flexibility index (Phi) is 7.97. The molecular weight excluding hydrogens is 468 g/mol.